The van der Waals surface area contributed by atoms with E-state index in [1.54, 1.807) is 13.8 Å². The first-order valence-corrected chi connectivity index (χ1v) is 9.48. The van der Waals surface area contributed by atoms with Gasteiger partial charge >= 0.3 is 0 Å². The summed E-state index contributed by atoms with van der Waals surface area (Å²) in [5, 5.41) is 36.5. The lowest BCUT2D eigenvalue weighted by Gasteiger charge is -2.18. The number of terminal acetylenes is 2. The van der Waals surface area contributed by atoms with Gasteiger partial charge in [0.2, 0.25) is 0 Å². The number of ether oxygens (including phenoxy) is 4. The van der Waals surface area contributed by atoms with Crippen LogP contribution < -0.4 is 0 Å². The first-order chi connectivity index (χ1) is 14.3. The third-order valence-corrected chi connectivity index (χ3v) is 4.51. The summed E-state index contributed by atoms with van der Waals surface area (Å²) in [6.07, 6.45) is 5.27. The average Bonchev–Trinajstić information content (AvgIpc) is 3.34. The number of benzene rings is 1. The van der Waals surface area contributed by atoms with Crippen LogP contribution in [0.25, 0.3) is 0 Å². The van der Waals surface area contributed by atoms with Crippen LogP contribution in [0, 0.1) is 24.7 Å². The molecule has 3 rings (SSSR count). The molecule has 2 heterocycles. The molecule has 30 heavy (non-hydrogen) atoms. The Balaban J connectivity index is 0.000000222. The highest BCUT2D eigenvalue weighted by Crippen LogP contribution is 2.32. The Labute approximate surface area is 176 Å². The van der Waals surface area contributed by atoms with Crippen molar-refractivity contribution in [3.05, 3.63) is 35.9 Å². The van der Waals surface area contributed by atoms with Gasteiger partial charge < -0.3 is 39.4 Å². The highest BCUT2D eigenvalue weighted by atomic mass is 16.8. The normalized spacial score (nSPS) is 31.7. The van der Waals surface area contributed by atoms with Crippen molar-refractivity contribution in [1.29, 1.82) is 0 Å². The molecule has 7 atom stereocenters. The molecule has 0 aliphatic carbocycles. The molecule has 1 aromatic rings. The largest absolute Gasteiger partial charge is 0.394 e. The van der Waals surface area contributed by atoms with Crippen LogP contribution >= 0.6 is 0 Å². The fourth-order valence-electron chi connectivity index (χ4n) is 3.06. The number of rotatable bonds is 5. The standard InChI is InChI=1S/C13H14O4.C9H14O4/c1-2-11-12(10(15)8-14)17-13(16-11)9-6-4-3-5-7-9;1-4-7-8(6(11)5-10)13-9(2,3)12-7/h1,3-7,10-15H,8H2;1,6-8,10-11H,5H2,2-3H3/t10-,11?,12-,13?;6-,7?,8-/m11/s1. The Bertz CT molecular complexity index is 738. The Morgan fingerprint density at radius 2 is 1.47 bits per heavy atom. The fraction of sp³-hybridized carbons (Fsp3) is 0.545. The lowest BCUT2D eigenvalue weighted by Crippen LogP contribution is -2.37. The predicted molar refractivity (Wildman–Crippen MR) is 107 cm³/mol. The SMILES string of the molecule is C#CC1OC(C)(C)O[C@@H]1[C@H](O)CO.C#CC1OC(c2ccccc2)O[C@@H]1[C@H](O)CO. The average molecular weight is 420 g/mol. The van der Waals surface area contributed by atoms with Gasteiger partial charge in [0.05, 0.1) is 13.2 Å². The molecule has 1 aromatic carbocycles. The molecule has 8 nitrogen and oxygen atoms in total. The van der Waals surface area contributed by atoms with Crippen LogP contribution in [-0.4, -0.2) is 76.1 Å². The maximum absolute atomic E-state index is 9.57. The molecule has 3 unspecified atom stereocenters. The van der Waals surface area contributed by atoms with E-state index in [0.717, 1.165) is 5.56 Å². The van der Waals surface area contributed by atoms with Gasteiger partial charge in [-0.15, -0.1) is 12.8 Å². The number of hydrogen-bond acceptors (Lipinski definition) is 8. The van der Waals surface area contributed by atoms with Crippen molar-refractivity contribution in [2.75, 3.05) is 13.2 Å². The van der Waals surface area contributed by atoms with Gasteiger partial charge in [0, 0.05) is 5.56 Å². The Kier molecular flexibility index (Phi) is 8.80. The van der Waals surface area contributed by atoms with Crippen LogP contribution in [0.4, 0.5) is 0 Å². The van der Waals surface area contributed by atoms with Crippen LogP contribution in [0.1, 0.15) is 25.7 Å². The van der Waals surface area contributed by atoms with Crippen molar-refractivity contribution in [2.24, 2.45) is 0 Å². The zero-order valence-electron chi connectivity index (χ0n) is 16.9. The maximum Gasteiger partial charge on any atom is 0.186 e. The summed E-state index contributed by atoms with van der Waals surface area (Å²) in [6, 6.07) is 9.32. The Hall–Kier alpha value is -1.98. The minimum absolute atomic E-state index is 0.387. The smallest absolute Gasteiger partial charge is 0.186 e. The van der Waals surface area contributed by atoms with Gasteiger partial charge in [-0.3, -0.25) is 0 Å². The van der Waals surface area contributed by atoms with Crippen molar-refractivity contribution >= 4 is 0 Å². The van der Waals surface area contributed by atoms with Crippen LogP contribution in [0.15, 0.2) is 30.3 Å². The second-order valence-corrected chi connectivity index (χ2v) is 7.25. The van der Waals surface area contributed by atoms with Gasteiger partial charge in [-0.05, 0) is 13.8 Å². The predicted octanol–water partition coefficient (Wildman–Crippen LogP) is -0.0515. The molecule has 0 spiro atoms. The zero-order chi connectivity index (χ0) is 22.3. The third kappa shape index (κ3) is 6.02. The summed E-state index contributed by atoms with van der Waals surface area (Å²) >= 11 is 0. The van der Waals surface area contributed by atoms with Gasteiger partial charge in [0.25, 0.3) is 0 Å². The molecular formula is C22H28O8. The van der Waals surface area contributed by atoms with Gasteiger partial charge in [-0.2, -0.15) is 0 Å². The van der Waals surface area contributed by atoms with Crippen molar-refractivity contribution in [2.45, 2.75) is 62.5 Å². The van der Waals surface area contributed by atoms with E-state index in [2.05, 4.69) is 11.8 Å². The van der Waals surface area contributed by atoms with Crippen LogP contribution in [0.2, 0.25) is 0 Å². The van der Waals surface area contributed by atoms with E-state index in [-0.39, 0.29) is 6.61 Å². The van der Waals surface area contributed by atoms with Crippen molar-refractivity contribution < 1.29 is 39.4 Å². The summed E-state index contributed by atoms with van der Waals surface area (Å²) < 4.78 is 21.7. The summed E-state index contributed by atoms with van der Waals surface area (Å²) in [5.74, 6) is 3.98. The fourth-order valence-corrected chi connectivity index (χ4v) is 3.06. The first-order valence-electron chi connectivity index (χ1n) is 9.48. The van der Waals surface area contributed by atoms with E-state index in [9.17, 15) is 10.2 Å². The van der Waals surface area contributed by atoms with E-state index in [1.165, 1.54) is 0 Å². The Morgan fingerprint density at radius 1 is 0.900 bits per heavy atom. The van der Waals surface area contributed by atoms with Crippen LogP contribution in [-0.2, 0) is 18.9 Å². The Morgan fingerprint density at radius 3 is 2.00 bits per heavy atom. The molecule has 0 amide bonds. The quantitative estimate of drug-likeness (QED) is 0.490. The number of aliphatic hydroxyl groups excluding tert-OH is 4. The number of aliphatic hydroxyl groups is 4. The summed E-state index contributed by atoms with van der Waals surface area (Å²) in [7, 11) is 0. The molecule has 8 heteroatoms. The van der Waals surface area contributed by atoms with E-state index in [1.807, 2.05) is 30.3 Å². The molecule has 0 aromatic heterocycles. The topological polar surface area (TPSA) is 118 Å². The molecule has 2 aliphatic heterocycles. The molecular weight excluding hydrogens is 392 g/mol. The summed E-state index contributed by atoms with van der Waals surface area (Å²) in [6.45, 7) is 2.62. The van der Waals surface area contributed by atoms with Gasteiger partial charge in [-0.1, -0.05) is 42.2 Å². The van der Waals surface area contributed by atoms with Crippen LogP contribution in [0.3, 0.4) is 0 Å². The molecule has 2 fully saturated rings. The first kappa shape index (κ1) is 24.3. The molecule has 164 valence electrons. The highest BCUT2D eigenvalue weighted by molar-refractivity contribution is 5.18. The minimum Gasteiger partial charge on any atom is -0.394 e. The minimum atomic E-state index is -1.04. The molecule has 0 radical (unpaired) electrons. The molecule has 0 bridgehead atoms. The number of hydrogen-bond donors (Lipinski definition) is 4. The zero-order valence-corrected chi connectivity index (χ0v) is 16.9. The highest BCUT2D eigenvalue weighted by Gasteiger charge is 2.43. The van der Waals surface area contributed by atoms with Crippen molar-refractivity contribution in [1.82, 2.24) is 0 Å². The van der Waals surface area contributed by atoms with E-state index >= 15 is 0 Å². The van der Waals surface area contributed by atoms with Gasteiger partial charge in [0.15, 0.2) is 12.1 Å². The lowest BCUT2D eigenvalue weighted by atomic mass is 10.1. The molecule has 2 aliphatic rings. The van der Waals surface area contributed by atoms with E-state index < -0.39 is 55.3 Å². The molecule has 4 N–H and O–H groups in total. The molecule has 2 saturated heterocycles. The summed E-state index contributed by atoms with van der Waals surface area (Å²) in [4.78, 5) is 0. The monoisotopic (exact) mass is 420 g/mol. The third-order valence-electron chi connectivity index (χ3n) is 4.51. The van der Waals surface area contributed by atoms with E-state index in [4.69, 9.17) is 42.0 Å². The lowest BCUT2D eigenvalue weighted by molar-refractivity contribution is -0.155. The second kappa shape index (κ2) is 10.9. The van der Waals surface area contributed by atoms with Gasteiger partial charge in [-0.25, -0.2) is 0 Å². The second-order valence-electron chi connectivity index (χ2n) is 7.25. The van der Waals surface area contributed by atoms with E-state index in [0.29, 0.717) is 0 Å². The van der Waals surface area contributed by atoms with Gasteiger partial charge in [0.1, 0.15) is 36.6 Å². The van der Waals surface area contributed by atoms with Crippen molar-refractivity contribution in [3.8, 4) is 24.7 Å². The molecule has 0 saturated carbocycles. The maximum atomic E-state index is 9.57. The van der Waals surface area contributed by atoms with Crippen molar-refractivity contribution in [3.63, 3.8) is 0 Å². The summed E-state index contributed by atoms with van der Waals surface area (Å²) in [5.41, 5.74) is 0.834. The van der Waals surface area contributed by atoms with Crippen LogP contribution in [0.5, 0.6) is 0 Å².